The van der Waals surface area contributed by atoms with E-state index in [1.165, 1.54) is 10.6 Å². The average molecular weight is 343 g/mol. The predicted molar refractivity (Wildman–Crippen MR) is 82.7 cm³/mol. The minimum Gasteiger partial charge on any atom is -0.305 e. The molecule has 2 rings (SSSR count). The number of hydrogen-bond donors (Lipinski definition) is 1. The lowest BCUT2D eigenvalue weighted by Gasteiger charge is -2.20. The lowest BCUT2D eigenvalue weighted by atomic mass is 10.1. The molecule has 0 aliphatic rings. The number of nitrogens with one attached hydrogen (secondary N) is 1. The molecule has 104 valence electrons. The van der Waals surface area contributed by atoms with Gasteiger partial charge in [-0.25, -0.2) is 4.98 Å². The van der Waals surface area contributed by atoms with Gasteiger partial charge in [0.15, 0.2) is 0 Å². The minimum atomic E-state index is 0.135. The summed E-state index contributed by atoms with van der Waals surface area (Å²) in [5.74, 6) is 0. The Balaban J connectivity index is 2.47. The highest BCUT2D eigenvalue weighted by atomic mass is 79.9. The van der Waals surface area contributed by atoms with E-state index in [1.807, 2.05) is 19.3 Å². The van der Waals surface area contributed by atoms with Gasteiger partial charge >= 0.3 is 0 Å². The first-order valence-corrected chi connectivity index (χ1v) is 8.04. The monoisotopic (exact) mass is 342 g/mol. The number of halogens is 1. The van der Waals surface area contributed by atoms with Crippen molar-refractivity contribution in [3.63, 3.8) is 0 Å². The van der Waals surface area contributed by atoms with Crippen LogP contribution in [0.15, 0.2) is 16.9 Å². The summed E-state index contributed by atoms with van der Waals surface area (Å²) in [6, 6.07) is 0.465. The quantitative estimate of drug-likeness (QED) is 0.900. The minimum absolute atomic E-state index is 0.135. The molecule has 19 heavy (non-hydrogen) atoms. The van der Waals surface area contributed by atoms with Crippen molar-refractivity contribution < 1.29 is 0 Å². The van der Waals surface area contributed by atoms with Crippen LogP contribution in [0.2, 0.25) is 0 Å². The van der Waals surface area contributed by atoms with Gasteiger partial charge in [-0.05, 0) is 43.2 Å². The molecule has 6 heteroatoms. The topological polar surface area (TPSA) is 42.7 Å². The highest BCUT2D eigenvalue weighted by Crippen LogP contribution is 2.32. The van der Waals surface area contributed by atoms with Gasteiger partial charge in [-0.15, -0.1) is 11.3 Å². The number of thiazole rings is 1. The molecule has 2 aromatic heterocycles. The number of hydrogen-bond acceptors (Lipinski definition) is 4. The van der Waals surface area contributed by atoms with Crippen molar-refractivity contribution in [2.75, 3.05) is 6.54 Å². The Labute approximate surface area is 126 Å². The summed E-state index contributed by atoms with van der Waals surface area (Å²) >= 11 is 5.35. The Bertz CT molecular complexity index is 547. The number of nitrogens with zero attached hydrogens (tertiary/aromatic N) is 3. The van der Waals surface area contributed by atoms with E-state index in [0.717, 1.165) is 16.0 Å². The van der Waals surface area contributed by atoms with E-state index < -0.39 is 0 Å². The zero-order valence-corrected chi connectivity index (χ0v) is 14.0. The number of aromatic nitrogens is 3. The van der Waals surface area contributed by atoms with Crippen LogP contribution in [-0.2, 0) is 0 Å². The van der Waals surface area contributed by atoms with Crippen LogP contribution >= 0.6 is 27.3 Å². The Morgan fingerprint density at radius 1 is 1.42 bits per heavy atom. The van der Waals surface area contributed by atoms with Gasteiger partial charge in [0.1, 0.15) is 0 Å². The molecule has 0 spiro atoms. The van der Waals surface area contributed by atoms with Crippen LogP contribution in [0.25, 0.3) is 0 Å². The molecular formula is C13H19BrN4S. The first-order valence-electron chi connectivity index (χ1n) is 6.43. The van der Waals surface area contributed by atoms with Crippen LogP contribution in [-0.4, -0.2) is 21.3 Å². The molecule has 0 fully saturated rings. The van der Waals surface area contributed by atoms with Crippen LogP contribution in [0.4, 0.5) is 0 Å². The maximum absolute atomic E-state index is 4.46. The summed E-state index contributed by atoms with van der Waals surface area (Å²) in [6.07, 6.45) is 3.82. The molecule has 2 heterocycles. The summed E-state index contributed by atoms with van der Waals surface area (Å²) in [7, 11) is 0. The van der Waals surface area contributed by atoms with Crippen molar-refractivity contribution in [3.8, 4) is 0 Å². The normalized spacial score (nSPS) is 13.2. The molecule has 0 saturated heterocycles. The second-order valence-corrected chi connectivity index (χ2v) is 6.81. The second-order valence-electron chi connectivity index (χ2n) is 4.69. The van der Waals surface area contributed by atoms with Gasteiger partial charge in [0, 0.05) is 17.1 Å². The number of rotatable bonds is 5. The lowest BCUT2D eigenvalue weighted by molar-refractivity contribution is 0.477. The summed E-state index contributed by atoms with van der Waals surface area (Å²) < 4.78 is 3.10. The summed E-state index contributed by atoms with van der Waals surface area (Å²) in [5, 5.41) is 9.08. The largest absolute Gasteiger partial charge is 0.305 e. The Hall–Kier alpha value is -0.720. The first kappa shape index (κ1) is 14.7. The molecule has 0 radical (unpaired) electrons. The van der Waals surface area contributed by atoms with E-state index in [1.54, 1.807) is 11.3 Å². The Kier molecular flexibility index (Phi) is 4.76. The third kappa shape index (κ3) is 3.07. The molecule has 0 aliphatic carbocycles. The van der Waals surface area contributed by atoms with Crippen LogP contribution in [0.3, 0.4) is 0 Å². The van der Waals surface area contributed by atoms with Crippen molar-refractivity contribution in [1.82, 2.24) is 20.1 Å². The fourth-order valence-electron chi connectivity index (χ4n) is 2.08. The molecule has 0 bridgehead atoms. The molecule has 0 amide bonds. The highest BCUT2D eigenvalue weighted by Gasteiger charge is 2.23. The standard InChI is InChI=1S/C13H19BrN4S/c1-5-15-12(11-7-16-9(4)19-11)13-10(14)6-17-18(13)8(2)3/h6-8,12,15H,5H2,1-4H3. The third-order valence-corrected chi connectivity index (χ3v) is 4.47. The van der Waals surface area contributed by atoms with E-state index in [-0.39, 0.29) is 6.04 Å². The van der Waals surface area contributed by atoms with E-state index in [4.69, 9.17) is 0 Å². The van der Waals surface area contributed by atoms with Gasteiger partial charge in [0.05, 0.1) is 27.4 Å². The predicted octanol–water partition coefficient (Wildman–Crippen LogP) is 3.69. The molecule has 1 unspecified atom stereocenters. The second kappa shape index (κ2) is 6.15. The molecule has 0 saturated carbocycles. The molecule has 4 nitrogen and oxygen atoms in total. The first-order chi connectivity index (χ1) is 9.04. The summed E-state index contributed by atoms with van der Waals surface area (Å²) in [6.45, 7) is 9.34. The zero-order chi connectivity index (χ0) is 14.0. The van der Waals surface area contributed by atoms with Crippen molar-refractivity contribution in [2.24, 2.45) is 0 Å². The van der Waals surface area contributed by atoms with Gasteiger partial charge in [0.2, 0.25) is 0 Å². The van der Waals surface area contributed by atoms with Crippen LogP contribution < -0.4 is 5.32 Å². The van der Waals surface area contributed by atoms with Crippen molar-refractivity contribution >= 4 is 27.3 Å². The van der Waals surface area contributed by atoms with E-state index >= 15 is 0 Å². The molecular weight excluding hydrogens is 324 g/mol. The molecule has 2 aromatic rings. The van der Waals surface area contributed by atoms with Crippen LogP contribution in [0, 0.1) is 6.92 Å². The van der Waals surface area contributed by atoms with E-state index in [0.29, 0.717) is 6.04 Å². The molecule has 0 aliphatic heterocycles. The van der Waals surface area contributed by atoms with E-state index in [9.17, 15) is 0 Å². The van der Waals surface area contributed by atoms with Crippen LogP contribution in [0.1, 0.15) is 48.4 Å². The highest BCUT2D eigenvalue weighted by molar-refractivity contribution is 9.10. The third-order valence-electron chi connectivity index (χ3n) is 2.88. The maximum atomic E-state index is 4.46. The Morgan fingerprint density at radius 3 is 2.68 bits per heavy atom. The number of aryl methyl sites for hydroxylation is 1. The van der Waals surface area contributed by atoms with Crippen LogP contribution in [0.5, 0.6) is 0 Å². The average Bonchev–Trinajstić information content (AvgIpc) is 2.93. The zero-order valence-electron chi connectivity index (χ0n) is 11.6. The Morgan fingerprint density at radius 2 is 2.16 bits per heavy atom. The van der Waals surface area contributed by atoms with Gasteiger partial charge in [0.25, 0.3) is 0 Å². The van der Waals surface area contributed by atoms with Gasteiger partial charge in [-0.3, -0.25) is 4.68 Å². The van der Waals surface area contributed by atoms with E-state index in [2.05, 4.69) is 56.8 Å². The van der Waals surface area contributed by atoms with Gasteiger partial charge in [-0.2, -0.15) is 5.10 Å². The summed E-state index contributed by atoms with van der Waals surface area (Å²) in [5.41, 5.74) is 1.17. The smallest absolute Gasteiger partial charge is 0.0897 e. The van der Waals surface area contributed by atoms with Gasteiger partial charge < -0.3 is 5.32 Å². The molecule has 1 atom stereocenters. The van der Waals surface area contributed by atoms with Crippen molar-refractivity contribution in [1.29, 1.82) is 0 Å². The molecule has 0 aromatic carbocycles. The molecule has 1 N–H and O–H groups in total. The van der Waals surface area contributed by atoms with Crippen molar-refractivity contribution in [3.05, 3.63) is 32.4 Å². The maximum Gasteiger partial charge on any atom is 0.0897 e. The fraction of sp³-hybridized carbons (Fsp3) is 0.538. The summed E-state index contributed by atoms with van der Waals surface area (Å²) in [4.78, 5) is 5.59. The lowest BCUT2D eigenvalue weighted by Crippen LogP contribution is -2.25. The van der Waals surface area contributed by atoms with Gasteiger partial charge in [-0.1, -0.05) is 6.92 Å². The SMILES string of the molecule is CCNC(c1cnc(C)s1)c1c(Br)cnn1C(C)C. The fourth-order valence-corrected chi connectivity index (χ4v) is 3.45. The van der Waals surface area contributed by atoms with Crippen molar-refractivity contribution in [2.45, 2.75) is 39.8 Å².